The molecule has 0 amide bonds. The fraction of sp³-hybridized carbons (Fsp3) is 0.607. The maximum absolute atomic E-state index is 13.1. The van der Waals surface area contributed by atoms with E-state index >= 15 is 0 Å². The van der Waals surface area contributed by atoms with Crippen molar-refractivity contribution in [2.75, 3.05) is 6.61 Å². The topological polar surface area (TPSA) is 127 Å². The Morgan fingerprint density at radius 3 is 2.10 bits per heavy atom. The van der Waals surface area contributed by atoms with Crippen LogP contribution >= 0.6 is 0 Å². The van der Waals surface area contributed by atoms with E-state index in [-0.39, 0.29) is 28.8 Å². The predicted octanol–water partition coefficient (Wildman–Crippen LogP) is 4.97. The molecule has 0 aliphatic carbocycles. The van der Waals surface area contributed by atoms with Crippen molar-refractivity contribution in [1.82, 2.24) is 9.55 Å². The largest absolute Gasteiger partial charge is 0.514 e. The zero-order valence-corrected chi connectivity index (χ0v) is 27.0. The average Bonchev–Trinajstić information content (AvgIpc) is 3.19. The van der Waals surface area contributed by atoms with Crippen LogP contribution in [-0.2, 0) is 22.4 Å². The van der Waals surface area contributed by atoms with Gasteiger partial charge in [-0.1, -0.05) is 73.6 Å². The Balaban J connectivity index is 1.80. The van der Waals surface area contributed by atoms with Crippen molar-refractivity contribution in [3.05, 3.63) is 63.4 Å². The lowest BCUT2D eigenvalue weighted by atomic mass is 10.1. The summed E-state index contributed by atoms with van der Waals surface area (Å²) in [7, 11) is -5.96. The molecule has 4 atom stereocenters. The molecule has 11 nitrogen and oxygen atoms in total. The first-order valence-electron chi connectivity index (χ1n) is 14.2. The average molecular weight is 607 g/mol. The number of hydrogen-bond donors (Lipinski definition) is 1. The van der Waals surface area contributed by atoms with Gasteiger partial charge in [-0.05, 0) is 34.3 Å². The molecule has 1 aromatic heterocycles. The third-order valence-corrected chi connectivity index (χ3v) is 18.2. The number of hydrogen-bond acceptors (Lipinski definition) is 9. The van der Waals surface area contributed by atoms with E-state index in [0.717, 1.165) is 0 Å². The van der Waals surface area contributed by atoms with Crippen LogP contribution in [0.25, 0.3) is 0 Å². The summed E-state index contributed by atoms with van der Waals surface area (Å²) in [5.41, 5.74) is -0.983. The lowest BCUT2D eigenvalue weighted by molar-refractivity contribution is -0.0630. The van der Waals surface area contributed by atoms with Crippen molar-refractivity contribution in [3.8, 4) is 5.75 Å². The molecule has 13 heteroatoms. The van der Waals surface area contributed by atoms with Crippen molar-refractivity contribution < 1.29 is 32.0 Å². The Labute approximate surface area is 242 Å². The molecule has 1 aromatic carbocycles. The first kappa shape index (κ1) is 31.4. The monoisotopic (exact) mass is 606 g/mol. The number of para-hydroxylation sites is 1. The number of rotatable bonds is 7. The van der Waals surface area contributed by atoms with E-state index < -0.39 is 59.1 Å². The highest BCUT2D eigenvalue weighted by molar-refractivity contribution is 6.84. The van der Waals surface area contributed by atoms with Crippen molar-refractivity contribution in [2.45, 2.75) is 102 Å². The summed E-state index contributed by atoms with van der Waals surface area (Å²) in [6, 6.07) is 9.74. The summed E-state index contributed by atoms with van der Waals surface area (Å²) in [6.07, 6.45) is -3.40. The third kappa shape index (κ3) is 6.15. The number of benzene rings is 1. The van der Waals surface area contributed by atoms with Crippen LogP contribution in [0.5, 0.6) is 5.75 Å². The standard InChI is InChI=1S/C28H42N2O9Si2/c1-17(2)40(18(3)4)34-16-22-24(38-41(39-40,19(5)6)20(7)8)25(37-28(33)35-21-12-10-9-11-13-21)26(36-22)30-15-14-23(31)29-27(30)32/h9-15,17-20,22,24-26H,16H2,1-8H3,(H,29,31,32)/t22-,24?,25+,26-/m1/s1. The van der Waals surface area contributed by atoms with Gasteiger partial charge in [-0.3, -0.25) is 14.3 Å². The Morgan fingerprint density at radius 2 is 1.54 bits per heavy atom. The molecule has 2 aliphatic rings. The Bertz CT molecular complexity index is 1300. The molecular formula is C28H42N2O9Si2. The van der Waals surface area contributed by atoms with Gasteiger partial charge >= 0.3 is 29.0 Å². The van der Waals surface area contributed by atoms with Gasteiger partial charge in [0.25, 0.3) is 5.56 Å². The van der Waals surface area contributed by atoms with Crippen molar-refractivity contribution in [2.24, 2.45) is 0 Å². The van der Waals surface area contributed by atoms with Gasteiger partial charge in [-0.25, -0.2) is 9.59 Å². The summed E-state index contributed by atoms with van der Waals surface area (Å²) in [5, 5.41) is 0. The highest BCUT2D eigenvalue weighted by atomic mass is 28.5. The minimum absolute atomic E-state index is 0.0148. The number of H-pyrrole nitrogens is 1. The first-order chi connectivity index (χ1) is 19.3. The third-order valence-electron chi connectivity index (χ3n) is 7.92. The van der Waals surface area contributed by atoms with Crippen LogP contribution in [0.15, 0.2) is 52.2 Å². The highest BCUT2D eigenvalue weighted by Gasteiger charge is 2.62. The smallest absolute Gasteiger partial charge is 0.423 e. The molecule has 2 aromatic rings. The van der Waals surface area contributed by atoms with E-state index in [4.69, 9.17) is 27.2 Å². The lowest BCUT2D eigenvalue weighted by Gasteiger charge is -2.51. The Hall–Kier alpha value is -2.56. The maximum atomic E-state index is 13.1. The number of aromatic amines is 1. The van der Waals surface area contributed by atoms with Gasteiger partial charge in [0.2, 0.25) is 0 Å². The Morgan fingerprint density at radius 1 is 0.927 bits per heavy atom. The molecule has 4 rings (SSSR count). The summed E-state index contributed by atoms with van der Waals surface area (Å²) in [6.45, 7) is 16.9. The van der Waals surface area contributed by atoms with Gasteiger partial charge < -0.3 is 27.2 Å². The van der Waals surface area contributed by atoms with Crippen molar-refractivity contribution >= 4 is 23.3 Å². The molecule has 41 heavy (non-hydrogen) atoms. The quantitative estimate of drug-likeness (QED) is 0.264. The van der Waals surface area contributed by atoms with Crippen molar-refractivity contribution in [3.63, 3.8) is 0 Å². The fourth-order valence-electron chi connectivity index (χ4n) is 5.82. The predicted molar refractivity (Wildman–Crippen MR) is 156 cm³/mol. The van der Waals surface area contributed by atoms with Gasteiger partial charge in [-0.15, -0.1) is 0 Å². The van der Waals surface area contributed by atoms with Crippen LogP contribution in [0.2, 0.25) is 22.2 Å². The van der Waals surface area contributed by atoms with E-state index in [2.05, 4.69) is 60.4 Å². The molecule has 0 saturated carbocycles. The van der Waals surface area contributed by atoms with Gasteiger partial charge in [0.1, 0.15) is 18.0 Å². The number of nitrogens with zero attached hydrogens (tertiary/aromatic N) is 1. The van der Waals surface area contributed by atoms with Crippen LogP contribution in [0, 0.1) is 0 Å². The molecule has 1 N–H and O–H groups in total. The molecule has 1 unspecified atom stereocenters. The number of aromatic nitrogens is 2. The van der Waals surface area contributed by atoms with E-state index in [1.807, 2.05) is 0 Å². The lowest BCUT2D eigenvalue weighted by Crippen LogP contribution is -2.66. The highest BCUT2D eigenvalue weighted by Crippen LogP contribution is 2.48. The second kappa shape index (κ2) is 12.4. The normalized spacial score (nSPS) is 25.7. The molecule has 2 aliphatic heterocycles. The van der Waals surface area contributed by atoms with Crippen LogP contribution in [0.4, 0.5) is 4.79 Å². The summed E-state index contributed by atoms with van der Waals surface area (Å²) < 4.78 is 40.0. The minimum Gasteiger partial charge on any atom is -0.423 e. The van der Waals surface area contributed by atoms with Gasteiger partial charge in [-0.2, -0.15) is 0 Å². The fourth-order valence-corrected chi connectivity index (χ4v) is 17.0. The number of carbonyl (C=O) groups is 1. The van der Waals surface area contributed by atoms with Crippen molar-refractivity contribution in [1.29, 1.82) is 0 Å². The number of nitrogens with one attached hydrogen (secondary N) is 1. The van der Waals surface area contributed by atoms with E-state index in [1.54, 1.807) is 30.3 Å². The van der Waals surface area contributed by atoms with Crippen LogP contribution in [-0.4, -0.2) is 57.7 Å². The van der Waals surface area contributed by atoms with Gasteiger partial charge in [0.15, 0.2) is 12.3 Å². The zero-order chi connectivity index (χ0) is 30.1. The van der Waals surface area contributed by atoms with Crippen LogP contribution in [0.3, 0.4) is 0 Å². The van der Waals surface area contributed by atoms with Crippen LogP contribution in [0.1, 0.15) is 61.6 Å². The van der Waals surface area contributed by atoms with Crippen LogP contribution < -0.4 is 16.0 Å². The SMILES string of the molecule is CC(C)[Si]1(C(C)C)OC[C@H]2O[C@@H](n3ccc(=O)[nH]c3=O)[C@@H](OC(=O)Oc3ccccc3)C2O[Si](C(C)C)(C(C)C)O1. The molecule has 3 heterocycles. The minimum atomic E-state index is -3.11. The maximum Gasteiger partial charge on any atom is 0.514 e. The molecular weight excluding hydrogens is 564 g/mol. The molecule has 0 radical (unpaired) electrons. The molecule has 0 spiro atoms. The zero-order valence-electron chi connectivity index (χ0n) is 25.0. The molecule has 2 saturated heterocycles. The second-order valence-electron chi connectivity index (χ2n) is 11.9. The number of carbonyl (C=O) groups excluding carboxylic acids is 1. The van der Waals surface area contributed by atoms with E-state index in [0.29, 0.717) is 5.75 Å². The first-order valence-corrected chi connectivity index (χ1v) is 18.2. The van der Waals surface area contributed by atoms with E-state index in [9.17, 15) is 14.4 Å². The molecule has 0 bridgehead atoms. The molecule has 226 valence electrons. The number of ether oxygens (including phenoxy) is 3. The number of fused-ring (bicyclic) bond motifs is 1. The van der Waals surface area contributed by atoms with Gasteiger partial charge in [0.05, 0.1) is 6.61 Å². The molecule has 2 fully saturated rings. The summed E-state index contributed by atoms with van der Waals surface area (Å²) in [5.74, 6) is 0.300. The van der Waals surface area contributed by atoms with E-state index in [1.165, 1.54) is 16.8 Å². The van der Waals surface area contributed by atoms with Gasteiger partial charge in [0, 0.05) is 12.3 Å². The summed E-state index contributed by atoms with van der Waals surface area (Å²) in [4.78, 5) is 40.0. The summed E-state index contributed by atoms with van der Waals surface area (Å²) >= 11 is 0. The second-order valence-corrected chi connectivity index (χ2v) is 20.7. The Kier molecular flexibility index (Phi) is 9.46.